The lowest BCUT2D eigenvalue weighted by atomic mass is 9.88. The molecule has 1 aromatic rings. The quantitative estimate of drug-likeness (QED) is 0.894. The number of nitrogens with zero attached hydrogens (tertiary/aromatic N) is 2. The van der Waals surface area contributed by atoms with Gasteiger partial charge in [0.2, 0.25) is 0 Å². The van der Waals surface area contributed by atoms with Gasteiger partial charge in [0.1, 0.15) is 0 Å². The average molecular weight is 296 g/mol. The highest BCUT2D eigenvalue weighted by Gasteiger charge is 2.32. The summed E-state index contributed by atoms with van der Waals surface area (Å²) in [5, 5.41) is 11.5. The highest BCUT2D eigenvalue weighted by molar-refractivity contribution is 7.15. The SMILES string of the molecule is CC(C)(C)c1nc(N2CCCCCC2)sc1C(C)(C)O. The molecule has 1 saturated heterocycles. The van der Waals surface area contributed by atoms with E-state index in [9.17, 15) is 5.11 Å². The van der Waals surface area contributed by atoms with Gasteiger partial charge in [0, 0.05) is 18.5 Å². The standard InChI is InChI=1S/C16H28N2OS/c1-15(2,3)12-13(16(4,5)19)20-14(17-12)18-10-8-6-7-9-11-18/h19H,6-11H2,1-5H3. The van der Waals surface area contributed by atoms with Gasteiger partial charge in [-0.2, -0.15) is 0 Å². The molecule has 0 atom stereocenters. The molecule has 20 heavy (non-hydrogen) atoms. The number of aliphatic hydroxyl groups is 1. The Hall–Kier alpha value is -0.610. The zero-order valence-corrected chi connectivity index (χ0v) is 14.3. The summed E-state index contributed by atoms with van der Waals surface area (Å²) in [4.78, 5) is 8.32. The summed E-state index contributed by atoms with van der Waals surface area (Å²) in [6, 6.07) is 0. The zero-order valence-electron chi connectivity index (χ0n) is 13.5. The van der Waals surface area contributed by atoms with E-state index in [1.807, 2.05) is 13.8 Å². The summed E-state index contributed by atoms with van der Waals surface area (Å²) in [6.07, 6.45) is 5.16. The normalized spacial score (nSPS) is 18.2. The minimum Gasteiger partial charge on any atom is -0.385 e. The van der Waals surface area contributed by atoms with Crippen molar-refractivity contribution in [2.45, 2.75) is 71.3 Å². The van der Waals surface area contributed by atoms with Crippen molar-refractivity contribution in [3.63, 3.8) is 0 Å². The van der Waals surface area contributed by atoms with Gasteiger partial charge in [-0.25, -0.2) is 4.98 Å². The van der Waals surface area contributed by atoms with E-state index in [0.29, 0.717) is 0 Å². The molecular formula is C16H28N2OS. The van der Waals surface area contributed by atoms with Gasteiger partial charge in [0.05, 0.1) is 16.2 Å². The van der Waals surface area contributed by atoms with Crippen LogP contribution in [0.5, 0.6) is 0 Å². The van der Waals surface area contributed by atoms with E-state index in [-0.39, 0.29) is 5.41 Å². The van der Waals surface area contributed by atoms with Gasteiger partial charge < -0.3 is 10.0 Å². The van der Waals surface area contributed by atoms with Crippen molar-refractivity contribution >= 4 is 16.5 Å². The Morgan fingerprint density at radius 2 is 1.55 bits per heavy atom. The molecule has 1 aliphatic heterocycles. The fourth-order valence-electron chi connectivity index (χ4n) is 2.63. The first kappa shape index (κ1) is 15.8. The molecule has 0 radical (unpaired) electrons. The van der Waals surface area contributed by atoms with E-state index in [1.165, 1.54) is 25.7 Å². The summed E-state index contributed by atoms with van der Waals surface area (Å²) in [5.74, 6) is 0. The fourth-order valence-corrected chi connectivity index (χ4v) is 3.96. The minimum atomic E-state index is -0.815. The molecule has 0 aliphatic carbocycles. The number of thiazole rings is 1. The minimum absolute atomic E-state index is 0.0318. The smallest absolute Gasteiger partial charge is 0.185 e. The molecule has 1 fully saturated rings. The maximum absolute atomic E-state index is 10.5. The van der Waals surface area contributed by atoms with E-state index >= 15 is 0 Å². The van der Waals surface area contributed by atoms with Crippen LogP contribution < -0.4 is 4.90 Å². The largest absolute Gasteiger partial charge is 0.385 e. The second-order valence-corrected chi connectivity index (χ2v) is 8.36. The van der Waals surface area contributed by atoms with E-state index in [2.05, 4.69) is 25.7 Å². The molecule has 2 heterocycles. The Bertz CT molecular complexity index is 415. The maximum atomic E-state index is 10.5. The summed E-state index contributed by atoms with van der Waals surface area (Å²) in [5.41, 5.74) is 0.203. The first-order valence-electron chi connectivity index (χ1n) is 7.69. The average Bonchev–Trinajstić information content (AvgIpc) is 2.60. The van der Waals surface area contributed by atoms with Crippen LogP contribution in [0, 0.1) is 0 Å². The second-order valence-electron chi connectivity index (χ2n) is 7.38. The predicted molar refractivity (Wildman–Crippen MR) is 86.7 cm³/mol. The van der Waals surface area contributed by atoms with Gasteiger partial charge in [-0.3, -0.25) is 0 Å². The van der Waals surface area contributed by atoms with E-state index in [1.54, 1.807) is 11.3 Å². The van der Waals surface area contributed by atoms with Gasteiger partial charge in [-0.1, -0.05) is 44.9 Å². The number of aromatic nitrogens is 1. The summed E-state index contributed by atoms with van der Waals surface area (Å²) >= 11 is 1.67. The molecule has 0 saturated carbocycles. The first-order valence-corrected chi connectivity index (χ1v) is 8.50. The molecule has 0 spiro atoms. The number of rotatable bonds is 2. The number of anilines is 1. The molecule has 0 aromatic carbocycles. The van der Waals surface area contributed by atoms with Gasteiger partial charge in [-0.15, -0.1) is 0 Å². The lowest BCUT2D eigenvalue weighted by molar-refractivity contribution is 0.0803. The monoisotopic (exact) mass is 296 g/mol. The third kappa shape index (κ3) is 3.53. The topological polar surface area (TPSA) is 36.4 Å². The third-order valence-corrected chi connectivity index (χ3v) is 5.19. The maximum Gasteiger partial charge on any atom is 0.185 e. The lowest BCUT2D eigenvalue weighted by Crippen LogP contribution is -2.24. The van der Waals surface area contributed by atoms with Gasteiger partial charge in [0.25, 0.3) is 0 Å². The Morgan fingerprint density at radius 1 is 1.00 bits per heavy atom. The lowest BCUT2D eigenvalue weighted by Gasteiger charge is -2.23. The summed E-state index contributed by atoms with van der Waals surface area (Å²) in [7, 11) is 0. The van der Waals surface area contributed by atoms with Crippen LogP contribution in [0.4, 0.5) is 5.13 Å². The second kappa shape index (κ2) is 5.64. The Kier molecular flexibility index (Phi) is 4.45. The van der Waals surface area contributed by atoms with Gasteiger partial charge >= 0.3 is 0 Å². The van der Waals surface area contributed by atoms with Crippen molar-refractivity contribution in [3.05, 3.63) is 10.6 Å². The van der Waals surface area contributed by atoms with Crippen LogP contribution in [0.1, 0.15) is 70.9 Å². The molecule has 1 aliphatic rings. The van der Waals surface area contributed by atoms with Crippen molar-refractivity contribution in [2.24, 2.45) is 0 Å². The number of hydrogen-bond donors (Lipinski definition) is 1. The van der Waals surface area contributed by atoms with Crippen LogP contribution >= 0.6 is 11.3 Å². The molecule has 1 N–H and O–H groups in total. The number of hydrogen-bond acceptors (Lipinski definition) is 4. The van der Waals surface area contributed by atoms with Crippen molar-refractivity contribution in [1.29, 1.82) is 0 Å². The van der Waals surface area contributed by atoms with Crippen LogP contribution in [0.2, 0.25) is 0 Å². The zero-order chi connectivity index (χ0) is 15.0. The molecular weight excluding hydrogens is 268 g/mol. The molecule has 0 bridgehead atoms. The Labute approximate surface area is 127 Å². The van der Waals surface area contributed by atoms with Crippen molar-refractivity contribution in [1.82, 2.24) is 4.98 Å². The summed E-state index contributed by atoms with van der Waals surface area (Å²) < 4.78 is 0. The third-order valence-electron chi connectivity index (χ3n) is 3.76. The van der Waals surface area contributed by atoms with Crippen LogP contribution in [0.3, 0.4) is 0 Å². The molecule has 4 heteroatoms. The fraction of sp³-hybridized carbons (Fsp3) is 0.812. The van der Waals surface area contributed by atoms with Crippen LogP contribution in [-0.4, -0.2) is 23.2 Å². The van der Waals surface area contributed by atoms with Crippen LogP contribution in [0.25, 0.3) is 0 Å². The van der Waals surface area contributed by atoms with Crippen molar-refractivity contribution in [3.8, 4) is 0 Å². The van der Waals surface area contributed by atoms with E-state index in [4.69, 9.17) is 4.98 Å². The van der Waals surface area contributed by atoms with Crippen LogP contribution in [0.15, 0.2) is 0 Å². The van der Waals surface area contributed by atoms with E-state index < -0.39 is 5.60 Å². The van der Waals surface area contributed by atoms with Crippen molar-refractivity contribution < 1.29 is 5.11 Å². The first-order chi connectivity index (χ1) is 9.19. The summed E-state index contributed by atoms with van der Waals surface area (Å²) in [6.45, 7) is 12.4. The highest BCUT2D eigenvalue weighted by Crippen LogP contribution is 2.40. The molecule has 2 rings (SSSR count). The van der Waals surface area contributed by atoms with E-state index in [0.717, 1.165) is 28.8 Å². The molecule has 0 amide bonds. The predicted octanol–water partition coefficient (Wildman–Crippen LogP) is 4.05. The van der Waals surface area contributed by atoms with Crippen molar-refractivity contribution in [2.75, 3.05) is 18.0 Å². The van der Waals surface area contributed by atoms with Crippen LogP contribution in [-0.2, 0) is 11.0 Å². The molecule has 0 unspecified atom stereocenters. The highest BCUT2D eigenvalue weighted by atomic mass is 32.1. The van der Waals surface area contributed by atoms with Gasteiger partial charge in [-0.05, 0) is 26.7 Å². The molecule has 114 valence electrons. The Balaban J connectivity index is 2.38. The molecule has 1 aromatic heterocycles. The van der Waals surface area contributed by atoms with Gasteiger partial charge in [0.15, 0.2) is 5.13 Å². The Morgan fingerprint density at radius 3 is 1.95 bits per heavy atom. The molecule has 3 nitrogen and oxygen atoms in total.